The summed E-state index contributed by atoms with van der Waals surface area (Å²) < 4.78 is 4.27. The average Bonchev–Trinajstić information content (AvgIpc) is 3.09. The Bertz CT molecular complexity index is 719. The Kier molecular flexibility index (Phi) is 4.94. The molecule has 0 bridgehead atoms. The molecule has 1 unspecified atom stereocenters. The Morgan fingerprint density at radius 2 is 2.04 bits per heavy atom. The molecule has 0 aliphatic carbocycles. The molecule has 124 valence electrons. The van der Waals surface area contributed by atoms with Crippen molar-refractivity contribution in [2.45, 2.75) is 45.5 Å². The second-order valence-electron chi connectivity index (χ2n) is 6.36. The number of likely N-dealkylation sites (tertiary alicyclic amines) is 1. The molecule has 1 N–H and O–H groups in total. The van der Waals surface area contributed by atoms with E-state index in [1.54, 1.807) is 4.57 Å². The van der Waals surface area contributed by atoms with Crippen molar-refractivity contribution in [3.8, 4) is 0 Å². The van der Waals surface area contributed by atoms with E-state index in [2.05, 4.69) is 41.2 Å². The van der Waals surface area contributed by atoms with Crippen LogP contribution in [0.4, 0.5) is 0 Å². The van der Waals surface area contributed by atoms with Crippen LogP contribution in [0.25, 0.3) is 0 Å². The lowest BCUT2D eigenvalue weighted by atomic mass is 10.0. The van der Waals surface area contributed by atoms with Gasteiger partial charge in [0.15, 0.2) is 10.6 Å². The summed E-state index contributed by atoms with van der Waals surface area (Å²) in [6, 6.07) is 9.33. The minimum atomic E-state index is -0.0834. The van der Waals surface area contributed by atoms with E-state index >= 15 is 0 Å². The van der Waals surface area contributed by atoms with Crippen LogP contribution < -0.4 is 0 Å². The van der Waals surface area contributed by atoms with Gasteiger partial charge in [-0.15, -0.1) is 0 Å². The fraction of sp³-hybridized carbons (Fsp3) is 0.529. The fourth-order valence-electron chi connectivity index (χ4n) is 3.24. The van der Waals surface area contributed by atoms with Gasteiger partial charge in [-0.1, -0.05) is 29.8 Å². The molecule has 3 rings (SSSR count). The molecule has 0 saturated carbocycles. The molecule has 1 saturated heterocycles. The molecule has 0 amide bonds. The van der Waals surface area contributed by atoms with Crippen LogP contribution in [0.3, 0.4) is 0 Å². The number of benzene rings is 1. The second-order valence-corrected chi connectivity index (χ2v) is 6.72. The van der Waals surface area contributed by atoms with Crippen molar-refractivity contribution in [2.75, 3.05) is 6.54 Å². The van der Waals surface area contributed by atoms with Crippen LogP contribution >= 0.6 is 12.2 Å². The van der Waals surface area contributed by atoms with Gasteiger partial charge >= 0.3 is 0 Å². The summed E-state index contributed by atoms with van der Waals surface area (Å²) in [5, 5.41) is 13.8. The molecule has 1 aromatic carbocycles. The number of nitrogens with zero attached hydrogens (tertiary/aromatic N) is 4. The van der Waals surface area contributed by atoms with E-state index in [1.165, 1.54) is 24.0 Å². The van der Waals surface area contributed by atoms with Crippen LogP contribution in [0.1, 0.15) is 29.8 Å². The average molecular weight is 332 g/mol. The van der Waals surface area contributed by atoms with Gasteiger partial charge in [-0.05, 0) is 44.0 Å². The van der Waals surface area contributed by atoms with E-state index in [4.69, 9.17) is 12.2 Å². The maximum Gasteiger partial charge on any atom is 0.198 e. The molecule has 2 aromatic rings. The van der Waals surface area contributed by atoms with Gasteiger partial charge in [0.2, 0.25) is 0 Å². The van der Waals surface area contributed by atoms with E-state index in [9.17, 15) is 5.11 Å². The highest BCUT2D eigenvalue weighted by Crippen LogP contribution is 2.22. The SMILES string of the molecule is Cc1ccc(CC2CCCN2Cn2nc(CO)n(C)c2=S)cc1. The molecule has 6 heteroatoms. The van der Waals surface area contributed by atoms with Crippen LogP contribution in [-0.2, 0) is 26.7 Å². The number of hydrogen-bond acceptors (Lipinski definition) is 4. The van der Waals surface area contributed by atoms with Gasteiger partial charge in [-0.3, -0.25) is 4.90 Å². The molecular weight excluding hydrogens is 308 g/mol. The lowest BCUT2D eigenvalue weighted by molar-refractivity contribution is 0.186. The van der Waals surface area contributed by atoms with Gasteiger partial charge in [-0.25, -0.2) is 4.68 Å². The predicted molar refractivity (Wildman–Crippen MR) is 92.6 cm³/mol. The first-order chi connectivity index (χ1) is 11.1. The third-order valence-corrected chi connectivity index (χ3v) is 5.16. The van der Waals surface area contributed by atoms with Gasteiger partial charge in [0.1, 0.15) is 6.61 Å². The first kappa shape index (κ1) is 16.4. The first-order valence-corrected chi connectivity index (χ1v) is 8.52. The van der Waals surface area contributed by atoms with E-state index in [0.29, 0.717) is 23.3 Å². The van der Waals surface area contributed by atoms with Gasteiger partial charge in [-0.2, -0.15) is 5.10 Å². The smallest absolute Gasteiger partial charge is 0.198 e. The van der Waals surface area contributed by atoms with Crippen molar-refractivity contribution in [3.05, 3.63) is 46.0 Å². The number of hydrogen-bond donors (Lipinski definition) is 1. The molecule has 5 nitrogen and oxygen atoms in total. The Morgan fingerprint density at radius 1 is 1.30 bits per heavy atom. The van der Waals surface area contributed by atoms with Crippen molar-refractivity contribution in [1.29, 1.82) is 0 Å². The quantitative estimate of drug-likeness (QED) is 0.854. The largest absolute Gasteiger partial charge is 0.388 e. The highest BCUT2D eigenvalue weighted by Gasteiger charge is 2.25. The zero-order chi connectivity index (χ0) is 16.4. The summed E-state index contributed by atoms with van der Waals surface area (Å²) in [5.74, 6) is 0.615. The number of aliphatic hydroxyl groups excluding tert-OH is 1. The summed E-state index contributed by atoms with van der Waals surface area (Å²) in [7, 11) is 1.85. The molecular formula is C17H24N4OS. The maximum atomic E-state index is 9.33. The Morgan fingerprint density at radius 3 is 2.70 bits per heavy atom. The first-order valence-electron chi connectivity index (χ1n) is 8.11. The summed E-state index contributed by atoms with van der Waals surface area (Å²) in [5.41, 5.74) is 2.68. The Hall–Kier alpha value is -1.50. The maximum absolute atomic E-state index is 9.33. The zero-order valence-electron chi connectivity index (χ0n) is 13.8. The third-order valence-electron chi connectivity index (χ3n) is 4.68. The van der Waals surface area contributed by atoms with Crippen LogP contribution in [-0.4, -0.2) is 36.9 Å². The number of aryl methyl sites for hydroxylation is 1. The van der Waals surface area contributed by atoms with E-state index < -0.39 is 0 Å². The number of rotatable bonds is 5. The van der Waals surface area contributed by atoms with Crippen LogP contribution in [0, 0.1) is 11.7 Å². The van der Waals surface area contributed by atoms with Gasteiger partial charge < -0.3 is 9.67 Å². The monoisotopic (exact) mass is 332 g/mol. The molecule has 1 aliphatic heterocycles. The van der Waals surface area contributed by atoms with Crippen LogP contribution in [0.15, 0.2) is 24.3 Å². The standard InChI is InChI=1S/C17H24N4OS/c1-13-5-7-14(8-6-13)10-15-4-3-9-20(15)12-21-17(23)19(2)16(11-22)18-21/h5-8,15,22H,3-4,9-12H2,1-2H3. The van der Waals surface area contributed by atoms with Crippen molar-refractivity contribution < 1.29 is 5.11 Å². The van der Waals surface area contributed by atoms with Gasteiger partial charge in [0, 0.05) is 19.6 Å². The van der Waals surface area contributed by atoms with E-state index in [0.717, 1.165) is 13.0 Å². The molecule has 2 heterocycles. The van der Waals surface area contributed by atoms with Crippen molar-refractivity contribution >= 4 is 12.2 Å². The summed E-state index contributed by atoms with van der Waals surface area (Å²) in [6.07, 6.45) is 3.48. The van der Waals surface area contributed by atoms with Crippen LogP contribution in [0.2, 0.25) is 0 Å². The van der Waals surface area contributed by atoms with Crippen molar-refractivity contribution in [2.24, 2.45) is 7.05 Å². The molecule has 0 radical (unpaired) electrons. The lowest BCUT2D eigenvalue weighted by Gasteiger charge is -2.24. The summed E-state index contributed by atoms with van der Waals surface area (Å²) >= 11 is 5.42. The van der Waals surface area contributed by atoms with Crippen molar-refractivity contribution in [1.82, 2.24) is 19.2 Å². The topological polar surface area (TPSA) is 46.2 Å². The minimum absolute atomic E-state index is 0.0834. The van der Waals surface area contributed by atoms with E-state index in [1.807, 2.05) is 11.7 Å². The summed E-state index contributed by atoms with van der Waals surface area (Å²) in [6.45, 7) is 3.81. The molecule has 1 aliphatic rings. The van der Waals surface area contributed by atoms with Gasteiger partial charge in [0.25, 0.3) is 0 Å². The Balaban J connectivity index is 1.72. The predicted octanol–water partition coefficient (Wildman–Crippen LogP) is 2.42. The van der Waals surface area contributed by atoms with Crippen LogP contribution in [0.5, 0.6) is 0 Å². The minimum Gasteiger partial charge on any atom is -0.388 e. The van der Waals surface area contributed by atoms with Crippen molar-refractivity contribution in [3.63, 3.8) is 0 Å². The molecule has 1 fully saturated rings. The Labute approximate surface area is 142 Å². The highest BCUT2D eigenvalue weighted by atomic mass is 32.1. The number of aliphatic hydroxyl groups is 1. The van der Waals surface area contributed by atoms with Gasteiger partial charge in [0.05, 0.1) is 6.67 Å². The molecule has 23 heavy (non-hydrogen) atoms. The van der Waals surface area contributed by atoms with E-state index in [-0.39, 0.29) is 6.61 Å². The fourth-order valence-corrected chi connectivity index (χ4v) is 3.45. The second kappa shape index (κ2) is 6.95. The normalized spacial score (nSPS) is 18.7. The third kappa shape index (κ3) is 3.54. The summed E-state index contributed by atoms with van der Waals surface area (Å²) in [4.78, 5) is 2.45. The highest BCUT2D eigenvalue weighted by molar-refractivity contribution is 7.71. The molecule has 0 spiro atoms. The molecule has 1 aromatic heterocycles. The molecule has 1 atom stereocenters. The lowest BCUT2D eigenvalue weighted by Crippen LogP contribution is -2.33. The number of aromatic nitrogens is 3. The zero-order valence-corrected chi connectivity index (χ0v) is 14.6.